The van der Waals surface area contributed by atoms with Crippen LogP contribution in [0.25, 0.3) is 0 Å². The number of aryl methyl sites for hydroxylation is 2. The third-order valence-electron chi connectivity index (χ3n) is 2.57. The van der Waals surface area contributed by atoms with Crippen molar-refractivity contribution in [3.05, 3.63) is 50.0 Å². The van der Waals surface area contributed by atoms with Gasteiger partial charge in [0.25, 0.3) is 0 Å². The Hall–Kier alpha value is -2.35. The first kappa shape index (κ1) is 14.1. The molecule has 0 aliphatic rings. The number of nitrogens with one attached hydrogen (secondary N) is 2. The smallest absolute Gasteiger partial charge is 0.339 e. The zero-order valence-corrected chi connectivity index (χ0v) is 11.7. The summed E-state index contributed by atoms with van der Waals surface area (Å²) in [5.41, 5.74) is 5.48. The molecule has 0 aliphatic heterocycles. The fourth-order valence-corrected chi connectivity index (χ4v) is 2.52. The first-order valence-electron chi connectivity index (χ1n) is 5.68. The maximum Gasteiger partial charge on any atom is 0.339 e. The average molecular weight is 291 g/mol. The van der Waals surface area contributed by atoms with E-state index in [2.05, 4.69) is 10.1 Å². The number of nitrogens with zero attached hydrogens (tertiary/aromatic N) is 2. The number of amidine groups is 1. The summed E-state index contributed by atoms with van der Waals surface area (Å²) >= 11 is 1.16. The fraction of sp³-hybridized carbons (Fsp3) is 0.167. The highest BCUT2D eigenvalue weighted by atomic mass is 32.2. The molecule has 2 aromatic rings. The van der Waals surface area contributed by atoms with Crippen LogP contribution in [0.5, 0.6) is 0 Å². The third-order valence-corrected chi connectivity index (χ3v) is 3.70. The molecule has 0 fully saturated rings. The SMILES string of the molecule is Cc1ccc(Sc2nc(=O)c(=O)[nH]n2C)c(C(=N)N)c1. The lowest BCUT2D eigenvalue weighted by Gasteiger charge is -2.10. The maximum absolute atomic E-state index is 11.3. The number of benzene rings is 1. The van der Waals surface area contributed by atoms with Crippen molar-refractivity contribution in [2.45, 2.75) is 17.0 Å². The topological polar surface area (TPSA) is 118 Å². The van der Waals surface area contributed by atoms with Gasteiger partial charge in [0, 0.05) is 17.5 Å². The van der Waals surface area contributed by atoms with Crippen LogP contribution in [0, 0.1) is 12.3 Å². The van der Waals surface area contributed by atoms with Crippen molar-refractivity contribution in [1.29, 1.82) is 5.41 Å². The quantitative estimate of drug-likeness (QED) is 0.424. The second-order valence-corrected chi connectivity index (χ2v) is 5.22. The van der Waals surface area contributed by atoms with Crippen LogP contribution in [-0.4, -0.2) is 20.6 Å². The summed E-state index contributed by atoms with van der Waals surface area (Å²) < 4.78 is 1.36. The monoisotopic (exact) mass is 291 g/mol. The van der Waals surface area contributed by atoms with Crippen LogP contribution in [-0.2, 0) is 7.05 Å². The molecule has 0 radical (unpaired) electrons. The number of hydrogen-bond donors (Lipinski definition) is 3. The molecule has 0 saturated heterocycles. The van der Waals surface area contributed by atoms with E-state index in [0.29, 0.717) is 15.6 Å². The van der Waals surface area contributed by atoms with Gasteiger partial charge < -0.3 is 5.73 Å². The zero-order valence-electron chi connectivity index (χ0n) is 10.9. The summed E-state index contributed by atoms with van der Waals surface area (Å²) in [6, 6.07) is 5.46. The van der Waals surface area contributed by atoms with Crippen molar-refractivity contribution in [2.75, 3.05) is 0 Å². The molecular weight excluding hydrogens is 278 g/mol. The second-order valence-electron chi connectivity index (χ2n) is 4.21. The molecule has 0 spiro atoms. The molecule has 7 nitrogen and oxygen atoms in total. The van der Waals surface area contributed by atoms with Crippen LogP contribution in [0.4, 0.5) is 0 Å². The lowest BCUT2D eigenvalue weighted by atomic mass is 10.1. The summed E-state index contributed by atoms with van der Waals surface area (Å²) in [7, 11) is 1.58. The van der Waals surface area contributed by atoms with Crippen molar-refractivity contribution < 1.29 is 0 Å². The molecule has 0 bridgehead atoms. The molecule has 1 heterocycles. The van der Waals surface area contributed by atoms with Crippen molar-refractivity contribution in [2.24, 2.45) is 12.8 Å². The number of aromatic amines is 1. The molecule has 8 heteroatoms. The van der Waals surface area contributed by atoms with E-state index in [1.54, 1.807) is 19.2 Å². The van der Waals surface area contributed by atoms with E-state index in [9.17, 15) is 9.59 Å². The van der Waals surface area contributed by atoms with Crippen molar-refractivity contribution in [3.63, 3.8) is 0 Å². The highest BCUT2D eigenvalue weighted by Gasteiger charge is 2.11. The molecule has 4 N–H and O–H groups in total. The van der Waals surface area contributed by atoms with Crippen LogP contribution in [0.15, 0.2) is 37.8 Å². The van der Waals surface area contributed by atoms with E-state index in [-0.39, 0.29) is 5.84 Å². The molecule has 1 aromatic heterocycles. The predicted molar refractivity (Wildman–Crippen MR) is 76.4 cm³/mol. The number of nitrogen functional groups attached to an aromatic ring is 1. The second kappa shape index (κ2) is 5.33. The van der Waals surface area contributed by atoms with E-state index in [0.717, 1.165) is 17.3 Å². The zero-order chi connectivity index (χ0) is 14.9. The van der Waals surface area contributed by atoms with Gasteiger partial charge in [-0.3, -0.25) is 24.8 Å². The largest absolute Gasteiger partial charge is 0.384 e. The van der Waals surface area contributed by atoms with Crippen LogP contribution in [0.2, 0.25) is 0 Å². The molecule has 20 heavy (non-hydrogen) atoms. The molecule has 2 rings (SSSR count). The normalized spacial score (nSPS) is 10.5. The number of aromatic nitrogens is 3. The Balaban J connectivity index is 2.50. The summed E-state index contributed by atoms with van der Waals surface area (Å²) in [6.07, 6.45) is 0. The van der Waals surface area contributed by atoms with Crippen LogP contribution in [0.3, 0.4) is 0 Å². The van der Waals surface area contributed by atoms with E-state index in [1.807, 2.05) is 13.0 Å². The Bertz CT molecular complexity index is 793. The van der Waals surface area contributed by atoms with Gasteiger partial charge >= 0.3 is 11.1 Å². The van der Waals surface area contributed by atoms with Gasteiger partial charge in [-0.25, -0.2) is 0 Å². The van der Waals surface area contributed by atoms with Gasteiger partial charge in [-0.2, -0.15) is 4.98 Å². The number of hydrogen-bond acceptors (Lipinski definition) is 5. The lowest BCUT2D eigenvalue weighted by molar-refractivity contribution is 0.596. The Labute approximate surface area is 118 Å². The first-order chi connectivity index (χ1) is 9.38. The van der Waals surface area contributed by atoms with Crippen molar-refractivity contribution >= 4 is 17.6 Å². The molecule has 1 aromatic carbocycles. The Morgan fingerprint density at radius 2 is 2.15 bits per heavy atom. The van der Waals surface area contributed by atoms with Crippen LogP contribution >= 0.6 is 11.8 Å². The highest BCUT2D eigenvalue weighted by Crippen LogP contribution is 2.28. The molecule has 0 unspecified atom stereocenters. The Morgan fingerprint density at radius 1 is 1.45 bits per heavy atom. The van der Waals surface area contributed by atoms with Crippen molar-refractivity contribution in [3.8, 4) is 0 Å². The van der Waals surface area contributed by atoms with E-state index in [4.69, 9.17) is 11.1 Å². The van der Waals surface area contributed by atoms with Gasteiger partial charge in [0.05, 0.1) is 0 Å². The van der Waals surface area contributed by atoms with Crippen molar-refractivity contribution in [1.82, 2.24) is 14.8 Å². The highest BCUT2D eigenvalue weighted by molar-refractivity contribution is 7.99. The minimum Gasteiger partial charge on any atom is -0.384 e. The predicted octanol–water partition coefficient (Wildman–Crippen LogP) is 0.212. The summed E-state index contributed by atoms with van der Waals surface area (Å²) in [6.45, 7) is 1.90. The molecule has 0 atom stereocenters. The van der Waals surface area contributed by atoms with E-state index in [1.165, 1.54) is 4.68 Å². The number of H-pyrrole nitrogens is 1. The van der Waals surface area contributed by atoms with Gasteiger partial charge in [-0.05, 0) is 30.8 Å². The standard InChI is InChI=1S/C12H13N5O2S/c1-6-3-4-8(7(5-6)9(13)14)20-12-15-10(18)11(19)16-17(12)2/h3-5H,1-2H3,(H3,13,14)(H,16,19). The Kier molecular flexibility index (Phi) is 3.75. The van der Waals surface area contributed by atoms with Crippen LogP contribution in [0.1, 0.15) is 11.1 Å². The first-order valence-corrected chi connectivity index (χ1v) is 6.50. The average Bonchev–Trinajstić information content (AvgIpc) is 2.37. The molecule has 104 valence electrons. The molecule has 0 saturated carbocycles. The van der Waals surface area contributed by atoms with Crippen LogP contribution < -0.4 is 16.9 Å². The maximum atomic E-state index is 11.3. The minimum absolute atomic E-state index is 0.0642. The van der Waals surface area contributed by atoms with E-state index < -0.39 is 11.1 Å². The van der Waals surface area contributed by atoms with Gasteiger partial charge in [0.1, 0.15) is 5.84 Å². The summed E-state index contributed by atoms with van der Waals surface area (Å²) in [5, 5.41) is 10.3. The minimum atomic E-state index is -0.845. The molecule has 0 aliphatic carbocycles. The lowest BCUT2D eigenvalue weighted by Crippen LogP contribution is -2.33. The van der Waals surface area contributed by atoms with E-state index >= 15 is 0 Å². The number of rotatable bonds is 3. The fourth-order valence-electron chi connectivity index (χ4n) is 1.59. The number of nitrogens with two attached hydrogens (primary N) is 1. The third kappa shape index (κ3) is 2.80. The summed E-state index contributed by atoms with van der Waals surface area (Å²) in [4.78, 5) is 26.9. The van der Waals surface area contributed by atoms with Gasteiger partial charge in [-0.1, -0.05) is 11.6 Å². The molecular formula is C12H13N5O2S. The summed E-state index contributed by atoms with van der Waals surface area (Å²) in [5.74, 6) is -0.0642. The van der Waals surface area contributed by atoms with Gasteiger partial charge in [0.2, 0.25) is 0 Å². The van der Waals surface area contributed by atoms with Gasteiger partial charge in [0.15, 0.2) is 5.16 Å². The van der Waals surface area contributed by atoms with Gasteiger partial charge in [-0.15, -0.1) is 0 Å². The molecule has 0 amide bonds. The Morgan fingerprint density at radius 3 is 2.80 bits per heavy atom.